The van der Waals surface area contributed by atoms with Crippen LogP contribution in [0.15, 0.2) is 12.2 Å². The molecule has 0 aromatic carbocycles. The number of allylic oxidation sites excluding steroid dienone is 2. The van der Waals surface area contributed by atoms with Crippen LogP contribution < -0.4 is 0 Å². The molecule has 178 valence electrons. The molecule has 0 aliphatic rings. The summed E-state index contributed by atoms with van der Waals surface area (Å²) in [6.45, 7) is 9.55. The molecule has 0 aromatic rings. The van der Waals surface area contributed by atoms with Gasteiger partial charge < -0.3 is 4.74 Å². The van der Waals surface area contributed by atoms with E-state index >= 15 is 0 Å². The fraction of sp³-hybridized carbons (Fsp3) is 0.893. The molecule has 0 saturated carbocycles. The Morgan fingerprint density at radius 3 is 1.53 bits per heavy atom. The van der Waals surface area contributed by atoms with Crippen LogP contribution in [0.3, 0.4) is 0 Å². The van der Waals surface area contributed by atoms with Gasteiger partial charge in [0.2, 0.25) is 0 Å². The van der Waals surface area contributed by atoms with Gasteiger partial charge in [-0.15, -0.1) is 0 Å². The predicted octanol–water partition coefficient (Wildman–Crippen LogP) is 9.42. The summed E-state index contributed by atoms with van der Waals surface area (Å²) in [5.41, 5.74) is 0. The lowest BCUT2D eigenvalue weighted by molar-refractivity contribution is -0.144. The maximum Gasteiger partial charge on any atom is 0.305 e. The molecular formula is C28H54O2. The molecule has 0 radical (unpaired) electrons. The molecule has 0 amide bonds. The van der Waals surface area contributed by atoms with E-state index < -0.39 is 0 Å². The van der Waals surface area contributed by atoms with Crippen molar-refractivity contribution in [3.8, 4) is 0 Å². The van der Waals surface area contributed by atoms with Crippen molar-refractivity contribution in [3.05, 3.63) is 12.2 Å². The molecule has 0 N–H and O–H groups in total. The van der Waals surface area contributed by atoms with Gasteiger partial charge in [0.15, 0.2) is 0 Å². The smallest absolute Gasteiger partial charge is 0.305 e. The molecule has 0 rings (SSSR count). The third-order valence-corrected chi connectivity index (χ3v) is 5.78. The molecule has 0 fully saturated rings. The Bertz CT molecular complexity index is 384. The first-order valence-corrected chi connectivity index (χ1v) is 13.3. The van der Waals surface area contributed by atoms with Gasteiger partial charge in [0.05, 0.1) is 6.61 Å². The van der Waals surface area contributed by atoms with E-state index in [1.165, 1.54) is 89.9 Å². The standard InChI is InChI=1S/C28H54O2/c1-26(2)22-20-18-16-14-12-10-8-6-5-7-9-11-13-15-17-19-21-23-28(29)30-25-24-27(3)4/h7,9,26-27H,5-6,8,10-25H2,1-4H3/b9-7-. The number of hydrogen-bond donors (Lipinski definition) is 0. The van der Waals surface area contributed by atoms with Crippen molar-refractivity contribution in [3.63, 3.8) is 0 Å². The maximum atomic E-state index is 11.6. The van der Waals surface area contributed by atoms with Crippen LogP contribution in [0.5, 0.6) is 0 Å². The van der Waals surface area contributed by atoms with Gasteiger partial charge in [0.25, 0.3) is 0 Å². The number of carbonyl (C=O) groups is 1. The molecule has 0 heterocycles. The summed E-state index contributed by atoms with van der Waals surface area (Å²) >= 11 is 0. The Kier molecular flexibility index (Phi) is 22.3. The largest absolute Gasteiger partial charge is 0.466 e. The van der Waals surface area contributed by atoms with E-state index in [1.54, 1.807) is 0 Å². The van der Waals surface area contributed by atoms with Crippen LogP contribution in [-0.2, 0) is 9.53 Å². The normalized spacial score (nSPS) is 11.8. The van der Waals surface area contributed by atoms with Crippen LogP contribution in [0, 0.1) is 11.8 Å². The highest BCUT2D eigenvalue weighted by Crippen LogP contribution is 2.13. The Balaban J connectivity index is 3.19. The highest BCUT2D eigenvalue weighted by molar-refractivity contribution is 5.69. The van der Waals surface area contributed by atoms with Gasteiger partial charge in [-0.05, 0) is 50.4 Å². The third-order valence-electron chi connectivity index (χ3n) is 5.78. The zero-order chi connectivity index (χ0) is 22.3. The van der Waals surface area contributed by atoms with Gasteiger partial charge in [-0.3, -0.25) is 4.79 Å². The lowest BCUT2D eigenvalue weighted by Gasteiger charge is -2.06. The number of hydrogen-bond acceptors (Lipinski definition) is 2. The van der Waals surface area contributed by atoms with Crippen LogP contribution in [0.4, 0.5) is 0 Å². The number of ether oxygens (including phenoxy) is 1. The Morgan fingerprint density at radius 1 is 0.600 bits per heavy atom. The van der Waals surface area contributed by atoms with Crippen molar-refractivity contribution in [2.75, 3.05) is 6.61 Å². The van der Waals surface area contributed by atoms with Crippen LogP contribution in [0.2, 0.25) is 0 Å². The second kappa shape index (κ2) is 22.9. The summed E-state index contributed by atoms with van der Waals surface area (Å²) in [6.07, 6.45) is 27.5. The number of esters is 1. The van der Waals surface area contributed by atoms with Crippen LogP contribution >= 0.6 is 0 Å². The zero-order valence-electron chi connectivity index (χ0n) is 21.1. The lowest BCUT2D eigenvalue weighted by atomic mass is 10.0. The monoisotopic (exact) mass is 422 g/mol. The summed E-state index contributed by atoms with van der Waals surface area (Å²) in [4.78, 5) is 11.6. The Morgan fingerprint density at radius 2 is 1.03 bits per heavy atom. The van der Waals surface area contributed by atoms with Crippen molar-refractivity contribution in [1.29, 1.82) is 0 Å². The van der Waals surface area contributed by atoms with Crippen molar-refractivity contribution in [1.82, 2.24) is 0 Å². The van der Waals surface area contributed by atoms with E-state index in [2.05, 4.69) is 39.8 Å². The van der Waals surface area contributed by atoms with Gasteiger partial charge in [-0.2, -0.15) is 0 Å². The molecule has 0 unspecified atom stereocenters. The van der Waals surface area contributed by atoms with E-state index in [9.17, 15) is 4.79 Å². The molecule has 0 bridgehead atoms. The van der Waals surface area contributed by atoms with Gasteiger partial charge in [0, 0.05) is 6.42 Å². The predicted molar refractivity (Wildman–Crippen MR) is 133 cm³/mol. The SMILES string of the molecule is CC(C)CCCCCCCCCC/C=C\CCCCCCCC(=O)OCCC(C)C. The first kappa shape index (κ1) is 29.2. The molecule has 0 spiro atoms. The molecule has 0 aromatic heterocycles. The van der Waals surface area contributed by atoms with Gasteiger partial charge >= 0.3 is 5.97 Å². The van der Waals surface area contributed by atoms with E-state index in [1.807, 2.05) is 0 Å². The first-order valence-electron chi connectivity index (χ1n) is 13.3. The molecule has 0 atom stereocenters. The van der Waals surface area contributed by atoms with Crippen molar-refractivity contribution in [2.24, 2.45) is 11.8 Å². The number of rotatable bonds is 22. The van der Waals surface area contributed by atoms with Gasteiger partial charge in [-0.1, -0.05) is 110 Å². The molecule has 0 saturated heterocycles. The highest BCUT2D eigenvalue weighted by Gasteiger charge is 2.03. The minimum Gasteiger partial charge on any atom is -0.466 e. The van der Waals surface area contributed by atoms with Gasteiger partial charge in [0.1, 0.15) is 0 Å². The van der Waals surface area contributed by atoms with Crippen molar-refractivity contribution >= 4 is 5.97 Å². The molecule has 2 nitrogen and oxygen atoms in total. The number of carbonyl (C=O) groups excluding carboxylic acids is 1. The zero-order valence-corrected chi connectivity index (χ0v) is 21.1. The van der Waals surface area contributed by atoms with E-state index in [0.29, 0.717) is 18.9 Å². The minimum absolute atomic E-state index is 0.0137. The summed E-state index contributed by atoms with van der Waals surface area (Å²) < 4.78 is 5.24. The first-order chi connectivity index (χ1) is 14.5. The Hall–Kier alpha value is -0.790. The maximum absolute atomic E-state index is 11.6. The van der Waals surface area contributed by atoms with Crippen LogP contribution in [0.1, 0.15) is 143 Å². The Labute approximate surface area is 189 Å². The third kappa shape index (κ3) is 25.2. The fourth-order valence-electron chi connectivity index (χ4n) is 3.65. The molecule has 0 aliphatic carbocycles. The lowest BCUT2D eigenvalue weighted by Crippen LogP contribution is -2.07. The average Bonchev–Trinajstić information content (AvgIpc) is 2.69. The summed E-state index contributed by atoms with van der Waals surface area (Å²) in [6, 6.07) is 0. The summed E-state index contributed by atoms with van der Waals surface area (Å²) in [5, 5.41) is 0. The molecule has 30 heavy (non-hydrogen) atoms. The van der Waals surface area contributed by atoms with E-state index in [0.717, 1.165) is 25.2 Å². The van der Waals surface area contributed by atoms with Crippen LogP contribution in [-0.4, -0.2) is 12.6 Å². The molecule has 2 heteroatoms. The van der Waals surface area contributed by atoms with Gasteiger partial charge in [-0.25, -0.2) is 0 Å². The highest BCUT2D eigenvalue weighted by atomic mass is 16.5. The molecular weight excluding hydrogens is 368 g/mol. The van der Waals surface area contributed by atoms with E-state index in [-0.39, 0.29) is 5.97 Å². The van der Waals surface area contributed by atoms with Crippen LogP contribution in [0.25, 0.3) is 0 Å². The fourth-order valence-corrected chi connectivity index (χ4v) is 3.65. The summed E-state index contributed by atoms with van der Waals surface area (Å²) in [7, 11) is 0. The molecule has 0 aliphatic heterocycles. The second-order valence-corrected chi connectivity index (χ2v) is 9.98. The van der Waals surface area contributed by atoms with E-state index in [4.69, 9.17) is 4.74 Å². The topological polar surface area (TPSA) is 26.3 Å². The second-order valence-electron chi connectivity index (χ2n) is 9.98. The van der Waals surface area contributed by atoms with Crippen molar-refractivity contribution < 1.29 is 9.53 Å². The number of unbranched alkanes of at least 4 members (excludes halogenated alkanes) is 13. The average molecular weight is 423 g/mol. The quantitative estimate of drug-likeness (QED) is 0.0986. The summed E-state index contributed by atoms with van der Waals surface area (Å²) in [5.74, 6) is 1.46. The van der Waals surface area contributed by atoms with Crippen molar-refractivity contribution in [2.45, 2.75) is 143 Å². The minimum atomic E-state index is -0.0137.